The third-order valence-corrected chi connectivity index (χ3v) is 0.613. The van der Waals surface area contributed by atoms with Crippen LogP contribution in [0.4, 0.5) is 0 Å². The maximum Gasteiger partial charge on any atom is 2.00 e. The molecule has 0 bridgehead atoms. The van der Waals surface area contributed by atoms with Gasteiger partial charge in [-0.3, -0.25) is 13.2 Å². The molecule has 0 atom stereocenters. The van der Waals surface area contributed by atoms with E-state index in [-0.39, 0.29) is 27.5 Å². The molecule has 0 aromatic rings. The van der Waals surface area contributed by atoms with Crippen LogP contribution in [0.3, 0.4) is 0 Å². The van der Waals surface area contributed by atoms with Crippen LogP contribution in [0.15, 0.2) is 25.0 Å². The Morgan fingerprint density at radius 1 is 1.43 bits per heavy atom. The Hall–Kier alpha value is -0.796. The zero-order chi connectivity index (χ0) is 11.3. The molecule has 0 aliphatic heterocycles. The van der Waals surface area contributed by atoms with Crippen molar-refractivity contribution in [3.63, 3.8) is 0 Å². The van der Waals surface area contributed by atoms with Gasteiger partial charge >= 0.3 is 27.7 Å². The molecule has 0 spiro atoms. The van der Waals surface area contributed by atoms with Gasteiger partial charge in [-0.2, -0.15) is 0 Å². The van der Waals surface area contributed by atoms with E-state index in [2.05, 4.69) is 31.1 Å². The molecule has 0 fully saturated rings. The first kappa shape index (κ1) is 23.2. The summed E-state index contributed by atoms with van der Waals surface area (Å²) >= 11 is 0. The van der Waals surface area contributed by atoms with E-state index in [9.17, 15) is 4.79 Å². The molecular formula is C10H16O3Ti. The number of aliphatic hydroxyl groups excluding tert-OH is 1. The van der Waals surface area contributed by atoms with Gasteiger partial charge in [0.25, 0.3) is 0 Å². The number of hydrogen-bond donors (Lipinski definition) is 1. The Morgan fingerprint density at radius 2 is 1.79 bits per heavy atom. The number of esters is 1. The van der Waals surface area contributed by atoms with Crippen LogP contribution in [0.1, 0.15) is 13.8 Å². The van der Waals surface area contributed by atoms with Crippen LogP contribution >= 0.6 is 0 Å². The maximum atomic E-state index is 10.4. The first-order valence-corrected chi connectivity index (χ1v) is 3.52. The van der Waals surface area contributed by atoms with Crippen molar-refractivity contribution in [1.82, 2.24) is 0 Å². The number of hydrogen-bond acceptors (Lipinski definition) is 3. The Morgan fingerprint density at radius 3 is 2.00 bits per heavy atom. The fourth-order valence-corrected chi connectivity index (χ4v) is 0.354. The number of allylic oxidation sites excluding steroid dienone is 1. The molecule has 0 rings (SSSR count). The fraction of sp³-hybridized carbons (Fsp3) is 0.300. The van der Waals surface area contributed by atoms with Crippen molar-refractivity contribution in [3.8, 4) is 0 Å². The molecular weight excluding hydrogens is 216 g/mol. The molecule has 0 saturated carbocycles. The van der Waals surface area contributed by atoms with E-state index in [1.54, 1.807) is 6.92 Å². The number of aliphatic hydroxyl groups is 1. The minimum absolute atomic E-state index is 0. The summed E-state index contributed by atoms with van der Waals surface area (Å²) in [4.78, 5) is 10.4. The molecule has 0 heterocycles. The van der Waals surface area contributed by atoms with Gasteiger partial charge in [0.2, 0.25) is 0 Å². The standard InChI is InChI=1S/C6H10O3.2C2H3.Ti/c1-3-9-6(8)4-5(2)7;2*1-2;/h4,7H,3H2,1-2H3;2*1H,2H2;/q;2*-1;+2/b5-4-;;;. The quantitative estimate of drug-likeness (QED) is 0.261. The van der Waals surface area contributed by atoms with Crippen molar-refractivity contribution >= 4 is 5.97 Å². The molecule has 78 valence electrons. The predicted octanol–water partition coefficient (Wildman–Crippen LogP) is 2.22. The molecule has 0 aliphatic rings. The van der Waals surface area contributed by atoms with Crippen molar-refractivity contribution in [2.24, 2.45) is 0 Å². The van der Waals surface area contributed by atoms with Crippen molar-refractivity contribution in [2.75, 3.05) is 6.61 Å². The zero-order valence-corrected chi connectivity index (χ0v) is 10.2. The Bertz CT molecular complexity index is 149. The summed E-state index contributed by atoms with van der Waals surface area (Å²) in [6.45, 7) is 17.5. The van der Waals surface area contributed by atoms with E-state index in [4.69, 9.17) is 5.11 Å². The molecule has 3 nitrogen and oxygen atoms in total. The number of ether oxygens (including phenoxy) is 1. The summed E-state index contributed by atoms with van der Waals surface area (Å²) < 4.78 is 4.48. The van der Waals surface area contributed by atoms with Crippen molar-refractivity contribution in [1.29, 1.82) is 0 Å². The van der Waals surface area contributed by atoms with Crippen LogP contribution in [0, 0.1) is 13.2 Å². The summed E-state index contributed by atoms with van der Waals surface area (Å²) in [5.41, 5.74) is 0. The summed E-state index contributed by atoms with van der Waals surface area (Å²) in [5, 5.41) is 8.51. The van der Waals surface area contributed by atoms with Gasteiger partial charge in [0.05, 0.1) is 18.4 Å². The second kappa shape index (κ2) is 22.8. The van der Waals surface area contributed by atoms with Gasteiger partial charge in [-0.15, -0.1) is 0 Å². The van der Waals surface area contributed by atoms with Gasteiger partial charge in [-0.05, 0) is 13.8 Å². The van der Waals surface area contributed by atoms with Crippen molar-refractivity contribution in [2.45, 2.75) is 13.8 Å². The van der Waals surface area contributed by atoms with Gasteiger partial charge in [-0.25, -0.2) is 4.79 Å². The third-order valence-electron chi connectivity index (χ3n) is 0.613. The van der Waals surface area contributed by atoms with Crippen LogP contribution in [0.2, 0.25) is 0 Å². The Labute approximate surface area is 101 Å². The average Bonchev–Trinajstić information content (AvgIpc) is 2.10. The topological polar surface area (TPSA) is 46.5 Å². The molecule has 0 aromatic carbocycles. The molecule has 0 aromatic heterocycles. The van der Waals surface area contributed by atoms with Gasteiger partial charge in [-0.1, -0.05) is 0 Å². The predicted molar refractivity (Wildman–Crippen MR) is 52.9 cm³/mol. The van der Waals surface area contributed by atoms with Crippen LogP contribution in [-0.2, 0) is 31.2 Å². The first-order chi connectivity index (χ1) is 6.16. The maximum absolute atomic E-state index is 10.4. The molecule has 0 aliphatic carbocycles. The zero-order valence-electron chi connectivity index (χ0n) is 8.62. The fourth-order valence-electron chi connectivity index (χ4n) is 0.354. The largest absolute Gasteiger partial charge is 2.00 e. The minimum Gasteiger partial charge on any atom is -0.521 e. The Kier molecular flexibility index (Phi) is 37.7. The van der Waals surface area contributed by atoms with Crippen molar-refractivity contribution < 1.29 is 36.4 Å². The van der Waals surface area contributed by atoms with E-state index in [1.165, 1.54) is 6.92 Å². The molecule has 4 heteroatoms. The SMILES string of the molecule is CCOC(=O)/C=C(/C)O.[CH-]=C.[CH-]=C.[Ti+2]. The van der Waals surface area contributed by atoms with Crippen LogP contribution in [-0.4, -0.2) is 17.7 Å². The van der Waals surface area contributed by atoms with Crippen LogP contribution < -0.4 is 0 Å². The molecule has 14 heavy (non-hydrogen) atoms. The van der Waals surface area contributed by atoms with Gasteiger partial charge in [0.1, 0.15) is 0 Å². The number of carbonyl (C=O) groups is 1. The molecule has 1 N–H and O–H groups in total. The monoisotopic (exact) mass is 232 g/mol. The summed E-state index contributed by atoms with van der Waals surface area (Å²) in [7, 11) is 0. The first-order valence-electron chi connectivity index (χ1n) is 3.52. The summed E-state index contributed by atoms with van der Waals surface area (Å²) in [6.07, 6.45) is 1.03. The third kappa shape index (κ3) is 30.3. The van der Waals surface area contributed by atoms with E-state index in [1.807, 2.05) is 0 Å². The average molecular weight is 232 g/mol. The molecule has 0 unspecified atom stereocenters. The number of carbonyl (C=O) groups excluding carboxylic acids is 1. The van der Waals surface area contributed by atoms with Gasteiger partial charge < -0.3 is 23.0 Å². The van der Waals surface area contributed by atoms with Crippen molar-refractivity contribution in [3.05, 3.63) is 38.2 Å². The summed E-state index contributed by atoms with van der Waals surface area (Å²) in [6, 6.07) is 0. The molecule has 0 amide bonds. The second-order valence-corrected chi connectivity index (χ2v) is 1.54. The number of rotatable bonds is 2. The van der Waals surface area contributed by atoms with Crippen LogP contribution in [0.25, 0.3) is 0 Å². The molecule has 0 radical (unpaired) electrons. The van der Waals surface area contributed by atoms with E-state index < -0.39 is 5.97 Å². The molecule has 0 saturated heterocycles. The second-order valence-electron chi connectivity index (χ2n) is 1.54. The van der Waals surface area contributed by atoms with Gasteiger partial charge in [0.15, 0.2) is 0 Å². The van der Waals surface area contributed by atoms with Crippen LogP contribution in [0.5, 0.6) is 0 Å². The van der Waals surface area contributed by atoms with E-state index in [0.717, 1.165) is 6.08 Å². The van der Waals surface area contributed by atoms with E-state index >= 15 is 0 Å². The summed E-state index contributed by atoms with van der Waals surface area (Å²) in [5.74, 6) is -0.536. The normalized spacial score (nSPS) is 7.71. The Balaban J connectivity index is -0.0000000883. The minimum atomic E-state index is -0.502. The van der Waals surface area contributed by atoms with E-state index in [0.29, 0.717) is 6.61 Å². The van der Waals surface area contributed by atoms with Gasteiger partial charge in [0, 0.05) is 0 Å². The smallest absolute Gasteiger partial charge is 0.521 e.